The molecule has 144 valence electrons. The van der Waals surface area contributed by atoms with E-state index >= 15 is 0 Å². The fourth-order valence-corrected chi connectivity index (χ4v) is 4.91. The fourth-order valence-electron chi connectivity index (χ4n) is 3.59. The molecule has 0 bridgehead atoms. The quantitative estimate of drug-likeness (QED) is 0.804. The zero-order chi connectivity index (χ0) is 19.8. The van der Waals surface area contributed by atoms with Crippen molar-refractivity contribution >= 4 is 28.2 Å². The Bertz CT molecular complexity index is 883. The summed E-state index contributed by atoms with van der Waals surface area (Å²) in [6, 6.07) is 5.85. The standard InChI is InChI=1S/C21H25FN2O2S/c1-21(2,3)12-9-10-14-16(11-12)27-20(17(14)19(26)23-4)24-18(25)13-7-5-6-8-15(13)22/h5-8,12H,9-11H2,1-4H3,(H,23,26)(H,24,25)/t12-/m1/s1. The van der Waals surface area contributed by atoms with Gasteiger partial charge in [-0.25, -0.2) is 4.39 Å². The molecule has 1 heterocycles. The molecule has 1 aliphatic rings. The van der Waals surface area contributed by atoms with Crippen LogP contribution in [-0.2, 0) is 12.8 Å². The smallest absolute Gasteiger partial charge is 0.259 e. The molecule has 0 spiro atoms. The lowest BCUT2D eigenvalue weighted by Crippen LogP contribution is -2.27. The first-order valence-corrected chi connectivity index (χ1v) is 9.96. The van der Waals surface area contributed by atoms with Gasteiger partial charge in [-0.1, -0.05) is 32.9 Å². The third kappa shape index (κ3) is 3.90. The van der Waals surface area contributed by atoms with E-state index in [1.165, 1.54) is 23.5 Å². The highest BCUT2D eigenvalue weighted by Gasteiger charge is 2.34. The zero-order valence-electron chi connectivity index (χ0n) is 16.1. The van der Waals surface area contributed by atoms with Gasteiger partial charge in [0.2, 0.25) is 0 Å². The molecule has 1 atom stereocenters. The molecule has 1 aromatic heterocycles. The van der Waals surface area contributed by atoms with Crippen molar-refractivity contribution in [2.45, 2.75) is 40.0 Å². The summed E-state index contributed by atoms with van der Waals surface area (Å²) in [5.74, 6) is -0.809. The summed E-state index contributed by atoms with van der Waals surface area (Å²) in [6.45, 7) is 6.70. The molecule has 0 fully saturated rings. The molecule has 3 rings (SSSR count). The van der Waals surface area contributed by atoms with Gasteiger partial charge in [0, 0.05) is 11.9 Å². The zero-order valence-corrected chi connectivity index (χ0v) is 16.9. The highest BCUT2D eigenvalue weighted by Crippen LogP contribution is 2.44. The van der Waals surface area contributed by atoms with Crippen molar-refractivity contribution in [2.75, 3.05) is 12.4 Å². The topological polar surface area (TPSA) is 58.2 Å². The molecule has 27 heavy (non-hydrogen) atoms. The van der Waals surface area contributed by atoms with E-state index in [0.717, 1.165) is 29.7 Å². The molecule has 0 radical (unpaired) electrons. The van der Waals surface area contributed by atoms with Crippen LogP contribution in [0.5, 0.6) is 0 Å². The summed E-state index contributed by atoms with van der Waals surface area (Å²) in [4.78, 5) is 26.2. The van der Waals surface area contributed by atoms with Crippen LogP contribution in [0.25, 0.3) is 0 Å². The molecule has 4 nitrogen and oxygen atoms in total. The largest absolute Gasteiger partial charge is 0.355 e. The number of rotatable bonds is 3. The van der Waals surface area contributed by atoms with Crippen LogP contribution in [0.15, 0.2) is 24.3 Å². The maximum absolute atomic E-state index is 13.9. The highest BCUT2D eigenvalue weighted by atomic mass is 32.1. The lowest BCUT2D eigenvalue weighted by atomic mass is 9.72. The molecule has 6 heteroatoms. The predicted molar refractivity (Wildman–Crippen MR) is 107 cm³/mol. The third-order valence-corrected chi connectivity index (χ3v) is 6.46. The average Bonchev–Trinajstić information content (AvgIpc) is 2.97. The molecule has 1 aromatic carbocycles. The van der Waals surface area contributed by atoms with Crippen molar-refractivity contribution < 1.29 is 14.0 Å². The maximum atomic E-state index is 13.9. The maximum Gasteiger partial charge on any atom is 0.259 e. The molecular weight excluding hydrogens is 363 g/mol. The van der Waals surface area contributed by atoms with Crippen LogP contribution >= 0.6 is 11.3 Å². The number of hydrogen-bond acceptors (Lipinski definition) is 3. The monoisotopic (exact) mass is 388 g/mol. The van der Waals surface area contributed by atoms with E-state index in [1.807, 2.05) is 0 Å². The van der Waals surface area contributed by atoms with E-state index in [-0.39, 0.29) is 16.9 Å². The van der Waals surface area contributed by atoms with Crippen molar-refractivity contribution in [1.29, 1.82) is 0 Å². The molecular formula is C21H25FN2O2S. The van der Waals surface area contributed by atoms with Gasteiger partial charge in [-0.3, -0.25) is 9.59 Å². The minimum atomic E-state index is -0.578. The third-order valence-electron chi connectivity index (χ3n) is 5.29. The van der Waals surface area contributed by atoms with Crippen LogP contribution in [0.4, 0.5) is 9.39 Å². The molecule has 2 N–H and O–H groups in total. The summed E-state index contributed by atoms with van der Waals surface area (Å²) < 4.78 is 13.9. The van der Waals surface area contributed by atoms with Crippen LogP contribution in [0.2, 0.25) is 0 Å². The van der Waals surface area contributed by atoms with Gasteiger partial charge in [-0.2, -0.15) is 0 Å². The molecule has 1 aliphatic carbocycles. The lowest BCUT2D eigenvalue weighted by molar-refractivity contribution is 0.0962. The van der Waals surface area contributed by atoms with Crippen LogP contribution < -0.4 is 10.6 Å². The second-order valence-electron chi connectivity index (χ2n) is 8.03. The van der Waals surface area contributed by atoms with E-state index in [2.05, 4.69) is 31.4 Å². The molecule has 2 aromatic rings. The van der Waals surface area contributed by atoms with E-state index < -0.39 is 11.7 Å². The summed E-state index contributed by atoms with van der Waals surface area (Å²) in [6.07, 6.45) is 2.72. The van der Waals surface area contributed by atoms with Gasteiger partial charge in [-0.05, 0) is 48.3 Å². The van der Waals surface area contributed by atoms with E-state index in [9.17, 15) is 14.0 Å². The van der Waals surface area contributed by atoms with Crippen molar-refractivity contribution in [3.05, 3.63) is 51.7 Å². The number of hydrogen-bond donors (Lipinski definition) is 2. The number of carbonyl (C=O) groups is 2. The minimum absolute atomic E-state index is 0.0284. The van der Waals surface area contributed by atoms with Crippen molar-refractivity contribution in [2.24, 2.45) is 11.3 Å². The van der Waals surface area contributed by atoms with Gasteiger partial charge >= 0.3 is 0 Å². The Morgan fingerprint density at radius 2 is 1.89 bits per heavy atom. The first kappa shape index (κ1) is 19.5. The first-order chi connectivity index (χ1) is 12.7. The number of carbonyl (C=O) groups excluding carboxylic acids is 2. The van der Waals surface area contributed by atoms with Gasteiger partial charge < -0.3 is 10.6 Å². The number of anilines is 1. The van der Waals surface area contributed by atoms with E-state index in [0.29, 0.717) is 16.5 Å². The second kappa shape index (κ2) is 7.43. The summed E-state index contributed by atoms with van der Waals surface area (Å²) in [7, 11) is 1.58. The van der Waals surface area contributed by atoms with Gasteiger partial charge in [-0.15, -0.1) is 11.3 Å². The van der Waals surface area contributed by atoms with Crippen molar-refractivity contribution in [3.63, 3.8) is 0 Å². The van der Waals surface area contributed by atoms with Gasteiger partial charge in [0.25, 0.3) is 11.8 Å². The molecule has 0 saturated carbocycles. The number of nitrogens with one attached hydrogen (secondary N) is 2. The molecule has 0 aliphatic heterocycles. The van der Waals surface area contributed by atoms with Crippen LogP contribution in [-0.4, -0.2) is 18.9 Å². The minimum Gasteiger partial charge on any atom is -0.355 e. The molecule has 0 unspecified atom stereocenters. The number of fused-ring (bicyclic) bond motifs is 1. The Morgan fingerprint density at radius 1 is 1.19 bits per heavy atom. The lowest BCUT2D eigenvalue weighted by Gasteiger charge is -2.33. The van der Waals surface area contributed by atoms with E-state index in [1.54, 1.807) is 19.2 Å². The predicted octanol–water partition coefficient (Wildman–Crippen LogP) is 4.65. The SMILES string of the molecule is CNC(=O)c1c(NC(=O)c2ccccc2F)sc2c1CC[C@@H](C(C)(C)C)C2. The number of amides is 2. The van der Waals surface area contributed by atoms with Crippen molar-refractivity contribution in [3.8, 4) is 0 Å². The summed E-state index contributed by atoms with van der Waals surface area (Å²) >= 11 is 1.44. The number of halogens is 1. The van der Waals surface area contributed by atoms with Gasteiger partial charge in [0.05, 0.1) is 11.1 Å². The summed E-state index contributed by atoms with van der Waals surface area (Å²) in [5, 5.41) is 5.94. The fraction of sp³-hybridized carbons (Fsp3) is 0.429. The Balaban J connectivity index is 1.96. The Hall–Kier alpha value is -2.21. The van der Waals surface area contributed by atoms with Crippen LogP contribution in [0.3, 0.4) is 0 Å². The first-order valence-electron chi connectivity index (χ1n) is 9.15. The summed E-state index contributed by atoms with van der Waals surface area (Å²) in [5.41, 5.74) is 1.70. The normalized spacial score (nSPS) is 16.6. The average molecular weight is 389 g/mol. The Kier molecular flexibility index (Phi) is 5.38. The van der Waals surface area contributed by atoms with Gasteiger partial charge in [0.1, 0.15) is 10.8 Å². The Labute approximate surface area is 163 Å². The highest BCUT2D eigenvalue weighted by molar-refractivity contribution is 7.17. The van der Waals surface area contributed by atoms with Crippen LogP contribution in [0, 0.1) is 17.2 Å². The molecule has 0 saturated heterocycles. The Morgan fingerprint density at radius 3 is 2.52 bits per heavy atom. The van der Waals surface area contributed by atoms with E-state index in [4.69, 9.17) is 0 Å². The molecule has 2 amide bonds. The number of benzene rings is 1. The number of thiophene rings is 1. The van der Waals surface area contributed by atoms with Crippen LogP contribution in [0.1, 0.15) is 58.3 Å². The van der Waals surface area contributed by atoms with Gasteiger partial charge in [0.15, 0.2) is 0 Å². The van der Waals surface area contributed by atoms with Crippen molar-refractivity contribution in [1.82, 2.24) is 5.32 Å². The second-order valence-corrected chi connectivity index (χ2v) is 9.13.